The Bertz CT molecular complexity index is 400. The van der Waals surface area contributed by atoms with Gasteiger partial charge in [0.2, 0.25) is 17.2 Å². The monoisotopic (exact) mass is 301 g/mol. The van der Waals surface area contributed by atoms with Crippen LogP contribution in [0.4, 0.5) is 11.9 Å². The van der Waals surface area contributed by atoms with Crippen LogP contribution < -0.4 is 10.6 Å². The molecule has 0 aliphatic rings. The van der Waals surface area contributed by atoms with Crippen LogP contribution in [0.2, 0.25) is 5.28 Å². The molecule has 0 bridgehead atoms. The first-order chi connectivity index (χ1) is 9.61. The summed E-state index contributed by atoms with van der Waals surface area (Å²) >= 11 is 5.75. The van der Waals surface area contributed by atoms with E-state index in [1.165, 1.54) is 0 Å². The quantitative estimate of drug-likeness (QED) is 0.718. The molecule has 1 rings (SSSR count). The summed E-state index contributed by atoms with van der Waals surface area (Å²) in [7, 11) is 1.72. The second-order valence-corrected chi connectivity index (χ2v) is 4.28. The zero-order chi connectivity index (χ0) is 15.4. The second kappa shape index (κ2) is 11.4. The predicted octanol–water partition coefficient (Wildman–Crippen LogP) is 3.15. The van der Waals surface area contributed by atoms with Crippen molar-refractivity contribution in [2.45, 2.75) is 46.5 Å². The normalized spacial score (nSPS) is 9.45. The maximum Gasteiger partial charge on any atom is 0.228 e. The lowest BCUT2D eigenvalue weighted by Crippen LogP contribution is -2.08. The molecule has 0 aromatic carbocycles. The number of hydrogen-bond donors (Lipinski definition) is 2. The fourth-order valence-corrected chi connectivity index (χ4v) is 1.58. The molecular weight excluding hydrogens is 278 g/mol. The van der Waals surface area contributed by atoms with E-state index in [0.717, 1.165) is 25.8 Å². The van der Waals surface area contributed by atoms with Crippen LogP contribution in [-0.2, 0) is 4.79 Å². The van der Waals surface area contributed by atoms with Crippen LogP contribution in [0.1, 0.15) is 46.5 Å². The Morgan fingerprint density at radius 3 is 2.35 bits per heavy atom. The Kier molecular flexibility index (Phi) is 10.6. The number of carbonyl (C=O) groups is 1. The van der Waals surface area contributed by atoms with Crippen molar-refractivity contribution in [3.05, 3.63) is 5.28 Å². The Balaban J connectivity index is 0.00000172. The highest BCUT2D eigenvalue weighted by molar-refractivity contribution is 6.28. The lowest BCUT2D eigenvalue weighted by Gasteiger charge is -2.06. The lowest BCUT2D eigenvalue weighted by atomic mass is 10.1. The van der Waals surface area contributed by atoms with Gasteiger partial charge in [-0.2, -0.15) is 15.0 Å². The van der Waals surface area contributed by atoms with Crippen LogP contribution in [0.25, 0.3) is 0 Å². The highest BCUT2D eigenvalue weighted by atomic mass is 35.5. The van der Waals surface area contributed by atoms with E-state index in [1.54, 1.807) is 14.0 Å². The number of halogens is 1. The van der Waals surface area contributed by atoms with Crippen molar-refractivity contribution in [2.75, 3.05) is 24.2 Å². The van der Waals surface area contributed by atoms with E-state index >= 15 is 0 Å². The van der Waals surface area contributed by atoms with Crippen molar-refractivity contribution in [1.82, 2.24) is 15.0 Å². The van der Waals surface area contributed by atoms with Crippen LogP contribution >= 0.6 is 11.6 Å². The second-order valence-electron chi connectivity index (χ2n) is 3.94. The van der Waals surface area contributed by atoms with Gasteiger partial charge in [0.1, 0.15) is 5.78 Å². The van der Waals surface area contributed by atoms with Gasteiger partial charge < -0.3 is 15.4 Å². The third-order valence-corrected chi connectivity index (χ3v) is 2.49. The molecule has 20 heavy (non-hydrogen) atoms. The van der Waals surface area contributed by atoms with Crippen molar-refractivity contribution < 1.29 is 4.79 Å². The molecule has 0 saturated heterocycles. The standard InChI is InChI=1S/C11H18ClN5O.C2H6/c1-8(18)6-4-3-5-7-14-11-16-9(12)15-10(13-2)17-11;1-2/h3-7H2,1-2H3,(H2,13,14,15,16,17);1-2H3. The van der Waals surface area contributed by atoms with Crippen molar-refractivity contribution in [3.63, 3.8) is 0 Å². The van der Waals surface area contributed by atoms with Crippen LogP contribution in [0.3, 0.4) is 0 Å². The Hall–Kier alpha value is -1.43. The van der Waals surface area contributed by atoms with E-state index in [4.69, 9.17) is 11.6 Å². The van der Waals surface area contributed by atoms with Gasteiger partial charge in [-0.05, 0) is 31.4 Å². The third kappa shape index (κ3) is 8.63. The lowest BCUT2D eigenvalue weighted by molar-refractivity contribution is -0.117. The molecule has 114 valence electrons. The van der Waals surface area contributed by atoms with Crippen molar-refractivity contribution in [1.29, 1.82) is 0 Å². The zero-order valence-electron chi connectivity index (χ0n) is 12.7. The molecule has 1 aromatic rings. The van der Waals surface area contributed by atoms with Gasteiger partial charge >= 0.3 is 0 Å². The Morgan fingerprint density at radius 1 is 1.10 bits per heavy atom. The number of hydrogen-bond acceptors (Lipinski definition) is 6. The molecule has 0 spiro atoms. The van der Waals surface area contributed by atoms with E-state index in [0.29, 0.717) is 18.3 Å². The molecule has 1 heterocycles. The molecule has 0 saturated carbocycles. The number of nitrogens with one attached hydrogen (secondary N) is 2. The Morgan fingerprint density at radius 2 is 1.75 bits per heavy atom. The van der Waals surface area contributed by atoms with Gasteiger partial charge in [-0.1, -0.05) is 20.3 Å². The highest BCUT2D eigenvalue weighted by Gasteiger charge is 2.02. The number of rotatable bonds is 8. The number of Topliss-reactive ketones (excluding diaryl/α,β-unsaturated/α-hetero) is 1. The van der Waals surface area contributed by atoms with E-state index in [-0.39, 0.29) is 11.1 Å². The van der Waals surface area contributed by atoms with Crippen LogP contribution in [-0.4, -0.2) is 34.3 Å². The van der Waals surface area contributed by atoms with Crippen LogP contribution in [0.5, 0.6) is 0 Å². The first-order valence-corrected chi connectivity index (χ1v) is 7.32. The average Bonchev–Trinajstić information content (AvgIpc) is 2.44. The van der Waals surface area contributed by atoms with Crippen molar-refractivity contribution >= 4 is 29.3 Å². The molecule has 0 aliphatic heterocycles. The van der Waals surface area contributed by atoms with Crippen molar-refractivity contribution in [2.24, 2.45) is 0 Å². The van der Waals surface area contributed by atoms with Crippen LogP contribution in [0, 0.1) is 0 Å². The molecule has 2 N–H and O–H groups in total. The molecule has 0 fully saturated rings. The number of unbranched alkanes of at least 4 members (excludes halogenated alkanes) is 2. The Labute approximate surface area is 125 Å². The molecular formula is C13H24ClN5O. The largest absolute Gasteiger partial charge is 0.357 e. The van der Waals surface area contributed by atoms with Gasteiger partial charge in [0.15, 0.2) is 0 Å². The summed E-state index contributed by atoms with van der Waals surface area (Å²) in [4.78, 5) is 22.7. The number of carbonyl (C=O) groups excluding carboxylic acids is 1. The summed E-state index contributed by atoms with van der Waals surface area (Å²) in [6.07, 6.45) is 3.55. The molecule has 6 nitrogen and oxygen atoms in total. The highest BCUT2D eigenvalue weighted by Crippen LogP contribution is 2.09. The summed E-state index contributed by atoms with van der Waals surface area (Å²) in [6.45, 7) is 6.37. The first kappa shape index (κ1) is 18.6. The minimum atomic E-state index is 0.161. The summed E-state index contributed by atoms with van der Waals surface area (Å²) in [5, 5.41) is 6.04. The maximum absolute atomic E-state index is 10.7. The maximum atomic E-state index is 10.7. The van der Waals surface area contributed by atoms with E-state index in [2.05, 4.69) is 25.6 Å². The zero-order valence-corrected chi connectivity index (χ0v) is 13.4. The van der Waals surface area contributed by atoms with Gasteiger partial charge in [-0.25, -0.2) is 0 Å². The number of nitrogens with zero attached hydrogens (tertiary/aromatic N) is 3. The molecule has 0 amide bonds. The van der Waals surface area contributed by atoms with Gasteiger partial charge in [-0.15, -0.1) is 0 Å². The first-order valence-electron chi connectivity index (χ1n) is 6.94. The van der Waals surface area contributed by atoms with Gasteiger partial charge in [0, 0.05) is 20.0 Å². The van der Waals surface area contributed by atoms with Gasteiger partial charge in [0.05, 0.1) is 0 Å². The summed E-state index contributed by atoms with van der Waals surface area (Å²) in [6, 6.07) is 0. The van der Waals surface area contributed by atoms with Crippen molar-refractivity contribution in [3.8, 4) is 0 Å². The topological polar surface area (TPSA) is 79.8 Å². The number of aromatic nitrogens is 3. The molecule has 0 aliphatic carbocycles. The fourth-order valence-electron chi connectivity index (χ4n) is 1.42. The fraction of sp³-hybridized carbons (Fsp3) is 0.692. The molecule has 7 heteroatoms. The molecule has 0 unspecified atom stereocenters. The number of ketones is 1. The van der Waals surface area contributed by atoms with Gasteiger partial charge in [-0.3, -0.25) is 0 Å². The summed E-state index contributed by atoms with van der Waals surface area (Å²) < 4.78 is 0. The minimum absolute atomic E-state index is 0.161. The molecule has 1 aromatic heterocycles. The average molecular weight is 302 g/mol. The molecule has 0 atom stereocenters. The molecule has 0 radical (unpaired) electrons. The number of anilines is 2. The SMILES string of the molecule is CC.CNc1nc(Cl)nc(NCCCCCC(C)=O)n1. The van der Waals surface area contributed by atoms with E-state index < -0.39 is 0 Å². The summed E-state index contributed by atoms with van der Waals surface area (Å²) in [5.74, 6) is 1.14. The smallest absolute Gasteiger partial charge is 0.228 e. The van der Waals surface area contributed by atoms with E-state index in [9.17, 15) is 4.79 Å². The third-order valence-electron chi connectivity index (χ3n) is 2.32. The summed E-state index contributed by atoms with van der Waals surface area (Å²) in [5.41, 5.74) is 0. The minimum Gasteiger partial charge on any atom is -0.357 e. The van der Waals surface area contributed by atoms with Gasteiger partial charge in [0.25, 0.3) is 0 Å². The predicted molar refractivity (Wildman–Crippen MR) is 83.4 cm³/mol. The van der Waals surface area contributed by atoms with E-state index in [1.807, 2.05) is 13.8 Å². The van der Waals surface area contributed by atoms with Crippen LogP contribution in [0.15, 0.2) is 0 Å².